The number of benzene rings is 2. The molecule has 1 N–H and O–H groups in total. The van der Waals surface area contributed by atoms with E-state index < -0.39 is 21.9 Å². The van der Waals surface area contributed by atoms with Gasteiger partial charge >= 0.3 is 0 Å². The molecule has 0 bridgehead atoms. The number of carbonyl (C=O) groups excluding carboxylic acids is 1. The van der Waals surface area contributed by atoms with Gasteiger partial charge in [0.25, 0.3) is 0 Å². The van der Waals surface area contributed by atoms with Crippen LogP contribution in [0, 0.1) is 32.5 Å². The van der Waals surface area contributed by atoms with E-state index in [-0.39, 0.29) is 24.9 Å². The van der Waals surface area contributed by atoms with Gasteiger partial charge in [0.2, 0.25) is 15.9 Å². The Hall–Kier alpha value is -3.04. The molecule has 0 saturated carbocycles. The summed E-state index contributed by atoms with van der Waals surface area (Å²) >= 11 is 0. The summed E-state index contributed by atoms with van der Waals surface area (Å²) in [5.74, 6) is -0.517. The summed E-state index contributed by atoms with van der Waals surface area (Å²) < 4.78 is 44.6. The molecule has 0 radical (unpaired) electrons. The number of imidazole rings is 1. The molecule has 1 aliphatic heterocycles. The molecule has 1 atom stereocenters. The summed E-state index contributed by atoms with van der Waals surface area (Å²) in [7, 11) is -1.87. The number of nitrogens with zero attached hydrogens (tertiary/aromatic N) is 3. The number of sulfonamides is 1. The van der Waals surface area contributed by atoms with Gasteiger partial charge in [-0.15, -0.1) is 0 Å². The van der Waals surface area contributed by atoms with Gasteiger partial charge in [0.05, 0.1) is 4.90 Å². The molecule has 2 aromatic carbocycles. The molecule has 1 saturated heterocycles. The third kappa shape index (κ3) is 5.01. The van der Waals surface area contributed by atoms with Crippen LogP contribution < -0.4 is 5.32 Å². The highest BCUT2D eigenvalue weighted by Gasteiger charge is 2.35. The van der Waals surface area contributed by atoms with Gasteiger partial charge in [0, 0.05) is 44.0 Å². The van der Waals surface area contributed by atoms with E-state index in [1.807, 2.05) is 32.9 Å². The summed E-state index contributed by atoms with van der Waals surface area (Å²) in [5.41, 5.74) is 2.81. The zero-order valence-electron chi connectivity index (χ0n) is 20.5. The molecular weight excluding hydrogens is 467 g/mol. The van der Waals surface area contributed by atoms with Crippen molar-refractivity contribution >= 4 is 15.9 Å². The molecule has 186 valence electrons. The van der Waals surface area contributed by atoms with Crippen LogP contribution in [0.4, 0.5) is 4.39 Å². The number of piperidine rings is 1. The van der Waals surface area contributed by atoms with Gasteiger partial charge < -0.3 is 9.88 Å². The molecule has 9 heteroatoms. The molecular formula is C26H31FN4O3S. The van der Waals surface area contributed by atoms with Crippen molar-refractivity contribution in [3.63, 3.8) is 0 Å². The molecule has 4 rings (SSSR count). The SMILES string of the molecule is Cc1cc(C)c(S(=O)(=O)N2CCC(C(=O)NC(c3ccccc3F)c3nccn3C)CC2)c(C)c1. The molecule has 1 aromatic heterocycles. The molecule has 1 fully saturated rings. The zero-order valence-corrected chi connectivity index (χ0v) is 21.3. The van der Waals surface area contributed by atoms with Crippen LogP contribution in [0.1, 0.15) is 47.0 Å². The topological polar surface area (TPSA) is 84.3 Å². The lowest BCUT2D eigenvalue weighted by atomic mass is 9.96. The Morgan fingerprint density at radius 2 is 1.74 bits per heavy atom. The molecule has 1 unspecified atom stereocenters. The van der Waals surface area contributed by atoms with Gasteiger partial charge in [-0.3, -0.25) is 4.79 Å². The van der Waals surface area contributed by atoms with Crippen LogP contribution in [0.25, 0.3) is 0 Å². The van der Waals surface area contributed by atoms with Gasteiger partial charge in [-0.05, 0) is 50.8 Å². The van der Waals surface area contributed by atoms with Gasteiger partial charge in [-0.2, -0.15) is 4.31 Å². The minimum atomic E-state index is -3.66. The van der Waals surface area contributed by atoms with Crippen LogP contribution in [0.15, 0.2) is 53.7 Å². The minimum absolute atomic E-state index is 0.235. The number of hydrogen-bond acceptors (Lipinski definition) is 4. The first-order valence-corrected chi connectivity index (χ1v) is 13.1. The fraction of sp³-hybridized carbons (Fsp3) is 0.385. The Balaban J connectivity index is 1.50. The minimum Gasteiger partial charge on any atom is -0.342 e. The second-order valence-electron chi connectivity index (χ2n) is 9.27. The fourth-order valence-electron chi connectivity index (χ4n) is 4.97. The predicted molar refractivity (Wildman–Crippen MR) is 132 cm³/mol. The first kappa shape index (κ1) is 25.1. The van der Waals surface area contributed by atoms with Crippen molar-refractivity contribution in [2.24, 2.45) is 13.0 Å². The van der Waals surface area contributed by atoms with Crippen LogP contribution in [-0.4, -0.2) is 41.3 Å². The molecule has 1 amide bonds. The Kier molecular flexibility index (Phi) is 7.10. The van der Waals surface area contributed by atoms with Crippen molar-refractivity contribution in [2.45, 2.75) is 44.6 Å². The van der Waals surface area contributed by atoms with Crippen molar-refractivity contribution in [3.8, 4) is 0 Å². The number of aromatic nitrogens is 2. The smallest absolute Gasteiger partial charge is 0.243 e. The van der Waals surface area contributed by atoms with Crippen LogP contribution in [0.5, 0.6) is 0 Å². The quantitative estimate of drug-likeness (QED) is 0.561. The van der Waals surface area contributed by atoms with Gasteiger partial charge in [0.1, 0.15) is 17.7 Å². The lowest BCUT2D eigenvalue weighted by Gasteiger charge is -2.32. The molecule has 35 heavy (non-hydrogen) atoms. The highest BCUT2D eigenvalue weighted by Crippen LogP contribution is 2.30. The third-order valence-electron chi connectivity index (χ3n) is 6.65. The van der Waals surface area contributed by atoms with Crippen molar-refractivity contribution < 1.29 is 17.6 Å². The van der Waals surface area contributed by atoms with E-state index in [9.17, 15) is 17.6 Å². The molecule has 2 heterocycles. The second-order valence-corrected chi connectivity index (χ2v) is 11.1. The van der Waals surface area contributed by atoms with Crippen molar-refractivity contribution in [1.82, 2.24) is 19.2 Å². The third-order valence-corrected chi connectivity index (χ3v) is 8.85. The van der Waals surface area contributed by atoms with Gasteiger partial charge in [-0.25, -0.2) is 17.8 Å². The maximum absolute atomic E-state index is 14.6. The van der Waals surface area contributed by atoms with Crippen molar-refractivity contribution in [2.75, 3.05) is 13.1 Å². The fourth-order valence-corrected chi connectivity index (χ4v) is 6.85. The number of nitrogens with one attached hydrogen (secondary N) is 1. The number of hydrogen-bond donors (Lipinski definition) is 1. The first-order chi connectivity index (χ1) is 16.6. The van der Waals surface area contributed by atoms with E-state index >= 15 is 0 Å². The second kappa shape index (κ2) is 9.91. The Bertz CT molecular complexity index is 1320. The summed E-state index contributed by atoms with van der Waals surface area (Å²) in [4.78, 5) is 17.9. The van der Waals surface area contributed by atoms with Crippen LogP contribution >= 0.6 is 0 Å². The monoisotopic (exact) mass is 498 g/mol. The van der Waals surface area contributed by atoms with E-state index in [0.29, 0.717) is 29.1 Å². The number of aryl methyl sites for hydroxylation is 4. The Labute approximate surface area is 206 Å². The Morgan fingerprint density at radius 1 is 1.11 bits per heavy atom. The Morgan fingerprint density at radius 3 is 2.31 bits per heavy atom. The summed E-state index contributed by atoms with van der Waals surface area (Å²) in [6.45, 7) is 6.07. The maximum Gasteiger partial charge on any atom is 0.243 e. The number of carbonyl (C=O) groups is 1. The van der Waals surface area contributed by atoms with E-state index in [0.717, 1.165) is 16.7 Å². The maximum atomic E-state index is 14.6. The van der Waals surface area contributed by atoms with E-state index in [4.69, 9.17) is 0 Å². The molecule has 7 nitrogen and oxygen atoms in total. The normalized spacial score (nSPS) is 16.3. The lowest BCUT2D eigenvalue weighted by molar-refractivity contribution is -0.126. The van der Waals surface area contributed by atoms with Gasteiger partial charge in [-0.1, -0.05) is 35.9 Å². The highest BCUT2D eigenvalue weighted by atomic mass is 32.2. The summed E-state index contributed by atoms with van der Waals surface area (Å²) in [6, 6.07) is 9.32. The van der Waals surface area contributed by atoms with Crippen molar-refractivity contribution in [3.05, 3.63) is 82.7 Å². The number of halogens is 1. The largest absolute Gasteiger partial charge is 0.342 e. The molecule has 1 aliphatic rings. The highest BCUT2D eigenvalue weighted by molar-refractivity contribution is 7.89. The lowest BCUT2D eigenvalue weighted by Crippen LogP contribution is -2.44. The summed E-state index contributed by atoms with van der Waals surface area (Å²) in [6.07, 6.45) is 4.13. The molecule has 3 aromatic rings. The van der Waals surface area contributed by atoms with Crippen molar-refractivity contribution in [1.29, 1.82) is 0 Å². The molecule has 0 aliphatic carbocycles. The number of rotatable bonds is 6. The van der Waals surface area contributed by atoms with E-state index in [2.05, 4.69) is 10.3 Å². The molecule has 0 spiro atoms. The predicted octanol–water partition coefficient (Wildman–Crippen LogP) is 3.79. The van der Waals surface area contributed by atoms with Crippen LogP contribution in [0.3, 0.4) is 0 Å². The standard InChI is InChI=1S/C26H31FN4O3S/c1-17-15-18(2)24(19(3)16-17)35(33,34)31-12-9-20(10-13-31)26(32)29-23(25-28-11-14-30(25)4)21-7-5-6-8-22(21)27/h5-8,11,14-16,20,23H,9-10,12-13H2,1-4H3,(H,29,32). The first-order valence-electron chi connectivity index (χ1n) is 11.7. The van der Waals surface area contributed by atoms with E-state index in [1.54, 1.807) is 42.2 Å². The van der Waals surface area contributed by atoms with E-state index in [1.165, 1.54) is 10.4 Å². The summed E-state index contributed by atoms with van der Waals surface area (Å²) in [5, 5.41) is 2.97. The average Bonchev–Trinajstić information content (AvgIpc) is 3.22. The van der Waals surface area contributed by atoms with Crippen LogP contribution in [-0.2, 0) is 21.9 Å². The van der Waals surface area contributed by atoms with Crippen LogP contribution in [0.2, 0.25) is 0 Å². The average molecular weight is 499 g/mol. The number of amides is 1. The zero-order chi connectivity index (χ0) is 25.3. The van der Waals surface area contributed by atoms with Gasteiger partial charge in [0.15, 0.2) is 0 Å².